The lowest BCUT2D eigenvalue weighted by molar-refractivity contribution is -0.0712. The molecule has 2 fully saturated rings. The molecule has 0 spiro atoms. The first-order valence-electron chi connectivity index (χ1n) is 10.3. The number of nitrogens with zero attached hydrogens (tertiary/aromatic N) is 1. The van der Waals surface area contributed by atoms with E-state index >= 15 is 0 Å². The molecule has 1 amide bonds. The van der Waals surface area contributed by atoms with Crippen LogP contribution in [0.3, 0.4) is 0 Å². The van der Waals surface area contributed by atoms with Crippen LogP contribution in [0.2, 0.25) is 0 Å². The van der Waals surface area contributed by atoms with Crippen LogP contribution in [0, 0.1) is 0 Å². The zero-order chi connectivity index (χ0) is 21.7. The third-order valence-corrected chi connectivity index (χ3v) is 6.11. The van der Waals surface area contributed by atoms with E-state index in [1.807, 2.05) is 79.7 Å². The van der Waals surface area contributed by atoms with Gasteiger partial charge in [0.15, 0.2) is 0 Å². The molecule has 1 unspecified atom stereocenters. The van der Waals surface area contributed by atoms with Crippen molar-refractivity contribution in [3.63, 3.8) is 0 Å². The van der Waals surface area contributed by atoms with Gasteiger partial charge >= 0.3 is 13.2 Å². The Bertz CT molecular complexity index is 739. The van der Waals surface area contributed by atoms with E-state index in [0.717, 1.165) is 11.0 Å². The highest BCUT2D eigenvalue weighted by atomic mass is 16.7. The highest BCUT2D eigenvalue weighted by molar-refractivity contribution is 6.62. The second kappa shape index (κ2) is 7.29. The average Bonchev–Trinajstić information content (AvgIpc) is 2.81. The highest BCUT2D eigenvalue weighted by Gasteiger charge is 2.52. The lowest BCUT2D eigenvalue weighted by Gasteiger charge is -2.45. The van der Waals surface area contributed by atoms with E-state index < -0.39 is 18.3 Å². The van der Waals surface area contributed by atoms with Crippen molar-refractivity contribution in [2.45, 2.75) is 77.7 Å². The summed E-state index contributed by atoms with van der Waals surface area (Å²) in [7, 11) is -0.411. The fourth-order valence-electron chi connectivity index (χ4n) is 3.58. The van der Waals surface area contributed by atoms with Crippen molar-refractivity contribution in [3.05, 3.63) is 29.8 Å². The van der Waals surface area contributed by atoms with Crippen molar-refractivity contribution in [3.8, 4) is 0 Å². The van der Waals surface area contributed by atoms with Gasteiger partial charge in [-0.15, -0.1) is 0 Å². The van der Waals surface area contributed by atoms with E-state index in [-0.39, 0.29) is 17.3 Å². The summed E-state index contributed by atoms with van der Waals surface area (Å²) in [6.07, 6.45) is -0.321. The standard InChI is InChI=1S/C22H34BNO5/c1-19(2,3)27-18(25)24-13-14-26-15-22(24,8)16-9-11-17(12-10-16)23-28-20(4,5)21(6,7)29-23/h9-12H,13-15H2,1-8H3. The van der Waals surface area contributed by atoms with E-state index in [1.165, 1.54) is 0 Å². The van der Waals surface area contributed by atoms with Gasteiger partial charge in [-0.05, 0) is 66.4 Å². The predicted octanol–water partition coefficient (Wildman–Crippen LogP) is 3.47. The molecule has 0 aliphatic carbocycles. The van der Waals surface area contributed by atoms with Crippen LogP contribution >= 0.6 is 0 Å². The third kappa shape index (κ3) is 4.32. The molecule has 1 atom stereocenters. The summed E-state index contributed by atoms with van der Waals surface area (Å²) in [4.78, 5) is 14.6. The zero-order valence-electron chi connectivity index (χ0n) is 19.0. The van der Waals surface area contributed by atoms with Gasteiger partial charge in [0.05, 0.1) is 30.0 Å². The highest BCUT2D eigenvalue weighted by Crippen LogP contribution is 2.37. The van der Waals surface area contributed by atoms with Crippen LogP contribution < -0.4 is 5.46 Å². The normalized spacial score (nSPS) is 26.5. The molecule has 0 radical (unpaired) electrons. The molecular weight excluding hydrogens is 369 g/mol. The number of carbonyl (C=O) groups excluding carboxylic acids is 1. The van der Waals surface area contributed by atoms with Crippen LogP contribution in [-0.2, 0) is 24.3 Å². The predicted molar refractivity (Wildman–Crippen MR) is 113 cm³/mol. The van der Waals surface area contributed by atoms with Crippen molar-refractivity contribution in [2.75, 3.05) is 19.8 Å². The maximum absolute atomic E-state index is 12.8. The molecule has 2 heterocycles. The second-order valence-electron chi connectivity index (χ2n) is 10.2. The minimum absolute atomic E-state index is 0.321. The number of rotatable bonds is 2. The Morgan fingerprint density at radius 2 is 1.59 bits per heavy atom. The number of hydrogen-bond donors (Lipinski definition) is 0. The van der Waals surface area contributed by atoms with E-state index in [2.05, 4.69) is 0 Å². The van der Waals surface area contributed by atoms with Crippen molar-refractivity contribution in [1.82, 2.24) is 4.90 Å². The topological polar surface area (TPSA) is 57.2 Å². The van der Waals surface area contributed by atoms with Crippen LogP contribution in [0.1, 0.15) is 61.0 Å². The molecule has 7 heteroatoms. The molecule has 3 rings (SSSR count). The minimum atomic E-state index is -0.602. The summed E-state index contributed by atoms with van der Waals surface area (Å²) >= 11 is 0. The Morgan fingerprint density at radius 3 is 2.10 bits per heavy atom. The number of ether oxygens (including phenoxy) is 2. The van der Waals surface area contributed by atoms with Crippen molar-refractivity contribution < 1.29 is 23.6 Å². The van der Waals surface area contributed by atoms with Crippen LogP contribution in [-0.4, -0.2) is 54.7 Å². The van der Waals surface area contributed by atoms with Crippen LogP contribution in [0.4, 0.5) is 4.79 Å². The fraction of sp³-hybridized carbons (Fsp3) is 0.682. The van der Waals surface area contributed by atoms with Crippen molar-refractivity contribution in [2.24, 2.45) is 0 Å². The van der Waals surface area contributed by atoms with Crippen LogP contribution in [0.25, 0.3) is 0 Å². The number of benzene rings is 1. The SMILES string of the molecule is CC(C)(C)OC(=O)N1CCOCC1(C)c1ccc(B2OC(C)(C)C(C)(C)O2)cc1. The summed E-state index contributed by atoms with van der Waals surface area (Å²) in [6, 6.07) is 8.05. The minimum Gasteiger partial charge on any atom is -0.444 e. The molecule has 1 aromatic carbocycles. The molecule has 2 saturated heterocycles. The van der Waals surface area contributed by atoms with E-state index in [0.29, 0.717) is 19.8 Å². The van der Waals surface area contributed by atoms with Gasteiger partial charge in [0.2, 0.25) is 0 Å². The summed E-state index contributed by atoms with van der Waals surface area (Å²) in [5, 5.41) is 0. The third-order valence-electron chi connectivity index (χ3n) is 6.11. The molecule has 2 aliphatic heterocycles. The van der Waals surface area contributed by atoms with Crippen LogP contribution in [0.5, 0.6) is 0 Å². The molecule has 2 aliphatic rings. The van der Waals surface area contributed by atoms with Gasteiger partial charge in [0, 0.05) is 6.54 Å². The molecule has 6 nitrogen and oxygen atoms in total. The Kier molecular flexibility index (Phi) is 5.56. The first-order chi connectivity index (χ1) is 13.3. The molecule has 0 aromatic heterocycles. The van der Waals surface area contributed by atoms with Crippen molar-refractivity contribution >= 4 is 18.7 Å². The van der Waals surface area contributed by atoms with E-state index in [4.69, 9.17) is 18.8 Å². The maximum atomic E-state index is 12.8. The molecule has 0 N–H and O–H groups in total. The quantitative estimate of drug-likeness (QED) is 0.708. The first-order valence-corrected chi connectivity index (χ1v) is 10.3. The molecule has 0 bridgehead atoms. The summed E-state index contributed by atoms with van der Waals surface area (Å²) in [5.41, 5.74) is 0.0336. The maximum Gasteiger partial charge on any atom is 0.494 e. The fourth-order valence-corrected chi connectivity index (χ4v) is 3.58. The molecular formula is C22H34BNO5. The number of amides is 1. The largest absolute Gasteiger partial charge is 0.494 e. The first kappa shape index (κ1) is 22.1. The van der Waals surface area contributed by atoms with Gasteiger partial charge in [-0.2, -0.15) is 0 Å². The van der Waals surface area contributed by atoms with Gasteiger partial charge in [0.1, 0.15) is 5.60 Å². The summed E-state index contributed by atoms with van der Waals surface area (Å²) < 4.78 is 23.7. The zero-order valence-corrected chi connectivity index (χ0v) is 19.0. The molecule has 29 heavy (non-hydrogen) atoms. The van der Waals surface area contributed by atoms with Gasteiger partial charge in [-0.25, -0.2) is 4.79 Å². The summed E-state index contributed by atoms with van der Waals surface area (Å²) in [5.74, 6) is 0. The monoisotopic (exact) mass is 403 g/mol. The number of carbonyl (C=O) groups is 1. The number of hydrogen-bond acceptors (Lipinski definition) is 5. The van der Waals surface area contributed by atoms with Gasteiger partial charge in [-0.3, -0.25) is 4.90 Å². The Hall–Kier alpha value is -1.57. The average molecular weight is 403 g/mol. The smallest absolute Gasteiger partial charge is 0.444 e. The Balaban J connectivity index is 1.83. The molecule has 160 valence electrons. The molecule has 0 saturated carbocycles. The van der Waals surface area contributed by atoms with E-state index in [9.17, 15) is 4.79 Å². The van der Waals surface area contributed by atoms with Gasteiger partial charge < -0.3 is 18.8 Å². The lowest BCUT2D eigenvalue weighted by atomic mass is 9.77. The van der Waals surface area contributed by atoms with E-state index in [1.54, 1.807) is 4.90 Å². The van der Waals surface area contributed by atoms with Crippen LogP contribution in [0.15, 0.2) is 24.3 Å². The lowest BCUT2D eigenvalue weighted by Crippen LogP contribution is -2.56. The second-order valence-corrected chi connectivity index (χ2v) is 10.2. The Labute approximate surface area is 175 Å². The number of morpholine rings is 1. The van der Waals surface area contributed by atoms with Crippen molar-refractivity contribution in [1.29, 1.82) is 0 Å². The van der Waals surface area contributed by atoms with Gasteiger partial charge in [-0.1, -0.05) is 24.3 Å². The molecule has 1 aromatic rings. The van der Waals surface area contributed by atoms with Gasteiger partial charge in [0.25, 0.3) is 0 Å². The Morgan fingerprint density at radius 1 is 1.03 bits per heavy atom. The summed E-state index contributed by atoms with van der Waals surface area (Å²) in [6.45, 7) is 17.2.